The van der Waals surface area contributed by atoms with Crippen molar-refractivity contribution in [2.24, 2.45) is 11.7 Å². The van der Waals surface area contributed by atoms with Gasteiger partial charge in [-0.3, -0.25) is 9.69 Å². The van der Waals surface area contributed by atoms with Crippen LogP contribution in [0.1, 0.15) is 30.9 Å². The van der Waals surface area contributed by atoms with Gasteiger partial charge in [-0.05, 0) is 37.0 Å². The standard InChI is InChI=1S/C20H31N3O4.2ClH/c1-25-18-6-4-14(12-19(18)26-2)17(23-7-9-27-10-8-23)13-22-20(24)15-3-5-16(21)11-15;;/h4,6,12,15-17H,3,5,7-11,13,21H2,1-2H3,(H,22,24);2*1H. The van der Waals surface area contributed by atoms with Crippen LogP contribution in [0.25, 0.3) is 0 Å². The van der Waals surface area contributed by atoms with Crippen LogP contribution in [0.3, 0.4) is 0 Å². The molecule has 1 aliphatic heterocycles. The van der Waals surface area contributed by atoms with Gasteiger partial charge in [0.25, 0.3) is 0 Å². The SMILES string of the molecule is COc1ccc(C(CNC(=O)C2CCC(N)C2)N2CCOCC2)cc1OC.Cl.Cl. The number of rotatable bonds is 7. The average Bonchev–Trinajstić information content (AvgIpc) is 3.15. The third kappa shape index (κ3) is 6.62. The molecule has 0 spiro atoms. The minimum Gasteiger partial charge on any atom is -0.493 e. The Bertz CT molecular complexity index is 644. The van der Waals surface area contributed by atoms with Gasteiger partial charge >= 0.3 is 0 Å². The molecule has 0 radical (unpaired) electrons. The number of methoxy groups -OCH3 is 2. The van der Waals surface area contributed by atoms with E-state index in [-0.39, 0.29) is 48.7 Å². The summed E-state index contributed by atoms with van der Waals surface area (Å²) in [5.41, 5.74) is 7.05. The van der Waals surface area contributed by atoms with Crippen LogP contribution in [0.15, 0.2) is 18.2 Å². The van der Waals surface area contributed by atoms with E-state index in [4.69, 9.17) is 19.9 Å². The third-order valence-corrected chi connectivity index (χ3v) is 5.59. The number of nitrogens with two attached hydrogens (primary N) is 1. The van der Waals surface area contributed by atoms with E-state index in [2.05, 4.69) is 10.2 Å². The Morgan fingerprint density at radius 1 is 1.21 bits per heavy atom. The first-order valence-corrected chi connectivity index (χ1v) is 9.69. The second-order valence-corrected chi connectivity index (χ2v) is 7.29. The Hall–Kier alpha value is -1.25. The number of nitrogens with one attached hydrogen (secondary N) is 1. The number of morpholine rings is 1. The van der Waals surface area contributed by atoms with E-state index in [1.54, 1.807) is 14.2 Å². The lowest BCUT2D eigenvalue weighted by atomic mass is 10.0. The maximum absolute atomic E-state index is 12.6. The average molecular weight is 450 g/mol. The van der Waals surface area contributed by atoms with E-state index in [0.717, 1.165) is 37.9 Å². The second-order valence-electron chi connectivity index (χ2n) is 7.29. The van der Waals surface area contributed by atoms with Crippen molar-refractivity contribution in [3.63, 3.8) is 0 Å². The molecule has 166 valence electrons. The zero-order valence-electron chi connectivity index (χ0n) is 17.1. The molecule has 7 nitrogen and oxygen atoms in total. The van der Waals surface area contributed by atoms with Crippen LogP contribution in [0.5, 0.6) is 11.5 Å². The number of carbonyl (C=O) groups excluding carboxylic acids is 1. The first-order valence-electron chi connectivity index (χ1n) is 9.69. The smallest absolute Gasteiger partial charge is 0.223 e. The molecule has 0 aromatic heterocycles. The predicted octanol–water partition coefficient (Wildman–Crippen LogP) is 2.16. The Morgan fingerprint density at radius 3 is 2.48 bits per heavy atom. The predicted molar refractivity (Wildman–Crippen MR) is 118 cm³/mol. The van der Waals surface area contributed by atoms with Crippen LogP contribution in [0, 0.1) is 5.92 Å². The molecule has 29 heavy (non-hydrogen) atoms. The summed E-state index contributed by atoms with van der Waals surface area (Å²) in [7, 11) is 3.26. The number of halogens is 2. The van der Waals surface area contributed by atoms with Crippen LogP contribution in [0.2, 0.25) is 0 Å². The summed E-state index contributed by atoms with van der Waals surface area (Å²) in [4.78, 5) is 14.9. The van der Waals surface area contributed by atoms with Gasteiger partial charge in [-0.1, -0.05) is 6.07 Å². The van der Waals surface area contributed by atoms with E-state index in [0.29, 0.717) is 31.3 Å². The maximum atomic E-state index is 12.6. The van der Waals surface area contributed by atoms with Crippen molar-refractivity contribution in [3.8, 4) is 11.5 Å². The van der Waals surface area contributed by atoms with Crippen molar-refractivity contribution >= 4 is 30.7 Å². The van der Waals surface area contributed by atoms with Crippen molar-refractivity contribution in [2.45, 2.75) is 31.3 Å². The number of amides is 1. The molecule has 1 aromatic rings. The summed E-state index contributed by atoms with van der Waals surface area (Å²) in [5, 5.41) is 3.16. The second kappa shape index (κ2) is 12.4. The molecule has 3 unspecified atom stereocenters. The highest BCUT2D eigenvalue weighted by molar-refractivity contribution is 5.85. The Labute approximate surface area is 185 Å². The van der Waals surface area contributed by atoms with Crippen molar-refractivity contribution in [2.75, 3.05) is 47.1 Å². The van der Waals surface area contributed by atoms with Gasteiger partial charge in [0.05, 0.1) is 33.5 Å². The van der Waals surface area contributed by atoms with Gasteiger partial charge in [0.1, 0.15) is 0 Å². The molecule has 3 atom stereocenters. The van der Waals surface area contributed by atoms with Crippen LogP contribution >= 0.6 is 24.8 Å². The summed E-state index contributed by atoms with van der Waals surface area (Å²) < 4.78 is 16.3. The summed E-state index contributed by atoms with van der Waals surface area (Å²) in [5.74, 6) is 1.55. The summed E-state index contributed by atoms with van der Waals surface area (Å²) in [6.45, 7) is 3.64. The lowest BCUT2D eigenvalue weighted by Crippen LogP contribution is -2.44. The zero-order valence-corrected chi connectivity index (χ0v) is 18.7. The molecule has 1 aliphatic carbocycles. The van der Waals surface area contributed by atoms with Crippen LogP contribution in [-0.4, -0.2) is 63.9 Å². The van der Waals surface area contributed by atoms with Gasteiger partial charge in [0, 0.05) is 31.6 Å². The van der Waals surface area contributed by atoms with Gasteiger partial charge in [-0.15, -0.1) is 24.8 Å². The molecule has 9 heteroatoms. The molecule has 1 saturated carbocycles. The number of hydrogen-bond acceptors (Lipinski definition) is 6. The van der Waals surface area contributed by atoms with Crippen molar-refractivity contribution in [3.05, 3.63) is 23.8 Å². The van der Waals surface area contributed by atoms with Gasteiger partial charge in [-0.2, -0.15) is 0 Å². The fourth-order valence-corrected chi connectivity index (χ4v) is 4.00. The van der Waals surface area contributed by atoms with Crippen molar-refractivity contribution in [1.29, 1.82) is 0 Å². The van der Waals surface area contributed by atoms with Crippen LogP contribution in [0.4, 0.5) is 0 Å². The quantitative estimate of drug-likeness (QED) is 0.663. The molecular weight excluding hydrogens is 417 g/mol. The van der Waals surface area contributed by atoms with Gasteiger partial charge in [0.15, 0.2) is 11.5 Å². The minimum absolute atomic E-state index is 0. The first-order chi connectivity index (χ1) is 13.1. The highest BCUT2D eigenvalue weighted by Crippen LogP contribution is 2.32. The molecule has 2 fully saturated rings. The van der Waals surface area contributed by atoms with Gasteiger partial charge < -0.3 is 25.3 Å². The molecule has 3 N–H and O–H groups in total. The molecular formula is C20H33Cl2N3O4. The van der Waals surface area contributed by atoms with E-state index in [1.807, 2.05) is 18.2 Å². The van der Waals surface area contributed by atoms with Crippen LogP contribution in [-0.2, 0) is 9.53 Å². The third-order valence-electron chi connectivity index (χ3n) is 5.59. The molecule has 1 saturated heterocycles. The molecule has 3 rings (SSSR count). The lowest BCUT2D eigenvalue weighted by Gasteiger charge is -2.35. The molecule has 0 bridgehead atoms. The normalized spacial score (nSPS) is 22.7. The summed E-state index contributed by atoms with van der Waals surface area (Å²) in [6, 6.07) is 6.17. The topological polar surface area (TPSA) is 86.0 Å². The van der Waals surface area contributed by atoms with Gasteiger partial charge in [0.2, 0.25) is 5.91 Å². The maximum Gasteiger partial charge on any atom is 0.223 e. The highest BCUT2D eigenvalue weighted by atomic mass is 35.5. The largest absolute Gasteiger partial charge is 0.493 e. The number of benzene rings is 1. The highest BCUT2D eigenvalue weighted by Gasteiger charge is 2.29. The Balaban J connectivity index is 0.00000210. The Morgan fingerprint density at radius 2 is 1.90 bits per heavy atom. The van der Waals surface area contributed by atoms with Gasteiger partial charge in [-0.25, -0.2) is 0 Å². The number of ether oxygens (including phenoxy) is 3. The van der Waals surface area contributed by atoms with E-state index in [9.17, 15) is 4.79 Å². The monoisotopic (exact) mass is 449 g/mol. The molecule has 2 aliphatic rings. The fraction of sp³-hybridized carbons (Fsp3) is 0.650. The molecule has 1 heterocycles. The van der Waals surface area contributed by atoms with Crippen LogP contribution < -0.4 is 20.5 Å². The Kier molecular flexibility index (Phi) is 11.1. The van der Waals surface area contributed by atoms with Crippen molar-refractivity contribution < 1.29 is 19.0 Å². The van der Waals surface area contributed by atoms with Crippen molar-refractivity contribution in [1.82, 2.24) is 10.2 Å². The first kappa shape index (κ1) is 25.8. The molecule has 1 aromatic carbocycles. The number of hydrogen-bond donors (Lipinski definition) is 2. The zero-order chi connectivity index (χ0) is 19.2. The van der Waals surface area contributed by atoms with E-state index < -0.39 is 0 Å². The fourth-order valence-electron chi connectivity index (χ4n) is 4.00. The molecule has 1 amide bonds. The number of nitrogens with zero attached hydrogens (tertiary/aromatic N) is 1. The lowest BCUT2D eigenvalue weighted by molar-refractivity contribution is -0.125. The summed E-state index contributed by atoms with van der Waals surface area (Å²) in [6.07, 6.45) is 2.59. The number of carbonyl (C=O) groups is 1. The summed E-state index contributed by atoms with van der Waals surface area (Å²) >= 11 is 0. The van der Waals surface area contributed by atoms with E-state index in [1.165, 1.54) is 0 Å². The van der Waals surface area contributed by atoms with E-state index >= 15 is 0 Å². The minimum atomic E-state index is 0.